The van der Waals surface area contributed by atoms with Crippen LogP contribution in [0.4, 0.5) is 14.9 Å². The highest BCUT2D eigenvalue weighted by molar-refractivity contribution is 8.00. The average Bonchev–Trinajstić information content (AvgIpc) is 3.06. The van der Waals surface area contributed by atoms with E-state index in [1.165, 1.54) is 18.2 Å². The largest absolute Gasteiger partial charge is 0.332 e. The third-order valence-electron chi connectivity index (χ3n) is 4.29. The maximum absolute atomic E-state index is 13.6. The van der Waals surface area contributed by atoms with Gasteiger partial charge in [-0.3, -0.25) is 4.79 Å². The first kappa shape index (κ1) is 17.4. The van der Waals surface area contributed by atoms with Crippen LogP contribution in [0.3, 0.4) is 0 Å². The number of carbonyl (C=O) groups is 2. The number of hydrogen-bond donors (Lipinski definition) is 3. The molecular formula is C16H19ClFN3O2S. The molecule has 1 aromatic carbocycles. The lowest BCUT2D eigenvalue weighted by Crippen LogP contribution is -2.36. The van der Waals surface area contributed by atoms with Crippen molar-refractivity contribution in [2.24, 2.45) is 0 Å². The Hall–Kier alpha value is -1.47. The number of fused-ring (bicyclic) bond motifs is 1. The van der Waals surface area contributed by atoms with Crippen LogP contribution in [-0.4, -0.2) is 35.0 Å². The molecule has 0 aromatic heterocycles. The molecule has 8 heteroatoms. The molecule has 2 fully saturated rings. The van der Waals surface area contributed by atoms with E-state index in [-0.39, 0.29) is 29.7 Å². The first-order valence-corrected chi connectivity index (χ1v) is 9.39. The lowest BCUT2D eigenvalue weighted by molar-refractivity contribution is -0.116. The number of urea groups is 1. The number of unbranched alkanes of at least 4 members (excludes halogenated alkanes) is 1. The zero-order valence-corrected chi connectivity index (χ0v) is 14.6. The molecule has 0 radical (unpaired) electrons. The molecule has 2 heterocycles. The van der Waals surface area contributed by atoms with Gasteiger partial charge in [0.25, 0.3) is 0 Å². The van der Waals surface area contributed by atoms with E-state index >= 15 is 0 Å². The number of benzene rings is 1. The summed E-state index contributed by atoms with van der Waals surface area (Å²) >= 11 is 7.54. The summed E-state index contributed by atoms with van der Waals surface area (Å²) in [5.74, 6) is 0.197. The third-order valence-corrected chi connectivity index (χ3v) is 6.03. The first-order chi connectivity index (χ1) is 11.5. The van der Waals surface area contributed by atoms with Crippen molar-refractivity contribution in [2.45, 2.75) is 43.0 Å². The van der Waals surface area contributed by atoms with Crippen molar-refractivity contribution in [3.63, 3.8) is 0 Å². The Kier molecular flexibility index (Phi) is 5.50. The molecule has 2 aliphatic heterocycles. The lowest BCUT2D eigenvalue weighted by atomic mass is 10.0. The molecule has 130 valence electrons. The topological polar surface area (TPSA) is 70.2 Å². The highest BCUT2D eigenvalue weighted by Crippen LogP contribution is 2.33. The van der Waals surface area contributed by atoms with Crippen molar-refractivity contribution in [3.05, 3.63) is 29.0 Å². The second kappa shape index (κ2) is 7.61. The standard InChI is InChI=1S/C16H19ClFN3O2S/c17-9-5-6-11(10(18)7-9)19-14(22)4-2-1-3-13-15-12(8-24-13)20-16(23)21-15/h5-7,12-13,15H,1-4,8H2,(H,19,22)(H2,20,21,23)/t12-,13-,15+/m0/s1. The highest BCUT2D eigenvalue weighted by Gasteiger charge is 2.42. The van der Waals surface area contributed by atoms with E-state index in [4.69, 9.17) is 11.6 Å². The molecule has 0 spiro atoms. The number of amides is 3. The molecule has 3 amide bonds. The maximum atomic E-state index is 13.6. The van der Waals surface area contributed by atoms with Gasteiger partial charge in [0.2, 0.25) is 5.91 Å². The molecule has 3 rings (SSSR count). The lowest BCUT2D eigenvalue weighted by Gasteiger charge is -2.16. The molecule has 24 heavy (non-hydrogen) atoms. The van der Waals surface area contributed by atoms with Gasteiger partial charge in [0.15, 0.2) is 0 Å². The molecule has 3 atom stereocenters. The maximum Gasteiger partial charge on any atom is 0.315 e. The Labute approximate surface area is 149 Å². The summed E-state index contributed by atoms with van der Waals surface area (Å²) in [4.78, 5) is 23.2. The summed E-state index contributed by atoms with van der Waals surface area (Å²) in [5, 5.41) is 9.12. The van der Waals surface area contributed by atoms with Crippen LogP contribution < -0.4 is 16.0 Å². The summed E-state index contributed by atoms with van der Waals surface area (Å²) in [5.41, 5.74) is 0.151. The Morgan fingerprint density at radius 2 is 2.21 bits per heavy atom. The van der Waals surface area contributed by atoms with Gasteiger partial charge in [0.05, 0.1) is 17.8 Å². The Morgan fingerprint density at radius 1 is 1.38 bits per heavy atom. The van der Waals surface area contributed by atoms with Crippen molar-refractivity contribution < 1.29 is 14.0 Å². The molecule has 2 aliphatic rings. The zero-order chi connectivity index (χ0) is 17.1. The molecule has 0 saturated carbocycles. The van der Waals surface area contributed by atoms with Crippen molar-refractivity contribution in [1.82, 2.24) is 10.6 Å². The number of halogens is 2. The molecule has 0 bridgehead atoms. The molecular weight excluding hydrogens is 353 g/mol. The smallest absolute Gasteiger partial charge is 0.315 e. The van der Waals surface area contributed by atoms with E-state index in [0.717, 1.165) is 25.0 Å². The predicted octanol–water partition coefficient (Wildman–Crippen LogP) is 3.14. The molecule has 0 aliphatic carbocycles. The summed E-state index contributed by atoms with van der Waals surface area (Å²) in [6, 6.07) is 4.51. The number of carbonyl (C=O) groups excluding carboxylic acids is 2. The van der Waals surface area contributed by atoms with Gasteiger partial charge in [-0.1, -0.05) is 18.0 Å². The molecule has 2 saturated heterocycles. The summed E-state index contributed by atoms with van der Waals surface area (Å²) in [6.07, 6.45) is 2.93. The summed E-state index contributed by atoms with van der Waals surface area (Å²) < 4.78 is 13.6. The van der Waals surface area contributed by atoms with Gasteiger partial charge in [-0.15, -0.1) is 0 Å². The number of thioether (sulfide) groups is 1. The van der Waals surface area contributed by atoms with Gasteiger partial charge in [-0.25, -0.2) is 9.18 Å². The van der Waals surface area contributed by atoms with Crippen molar-refractivity contribution in [2.75, 3.05) is 11.1 Å². The van der Waals surface area contributed by atoms with Gasteiger partial charge in [-0.05, 0) is 31.0 Å². The number of hydrogen-bond acceptors (Lipinski definition) is 3. The molecule has 1 aromatic rings. The van der Waals surface area contributed by atoms with Crippen LogP contribution in [0.15, 0.2) is 18.2 Å². The highest BCUT2D eigenvalue weighted by atomic mass is 35.5. The SMILES string of the molecule is O=C(CCCC[C@@H]1SC[C@@H]2NC(=O)N[C@H]21)Nc1ccc(Cl)cc1F. The van der Waals surface area contributed by atoms with E-state index in [1.54, 1.807) is 0 Å². The van der Waals surface area contributed by atoms with E-state index in [9.17, 15) is 14.0 Å². The van der Waals surface area contributed by atoms with Crippen LogP contribution in [0.2, 0.25) is 5.02 Å². The van der Waals surface area contributed by atoms with E-state index in [0.29, 0.717) is 16.7 Å². The number of anilines is 1. The monoisotopic (exact) mass is 371 g/mol. The first-order valence-electron chi connectivity index (χ1n) is 7.96. The minimum Gasteiger partial charge on any atom is -0.332 e. The van der Waals surface area contributed by atoms with Gasteiger partial charge in [-0.2, -0.15) is 11.8 Å². The van der Waals surface area contributed by atoms with Crippen molar-refractivity contribution >= 4 is 41.0 Å². The summed E-state index contributed by atoms with van der Waals surface area (Å²) in [6.45, 7) is 0. The second-order valence-corrected chi connectivity index (χ2v) is 7.75. The van der Waals surface area contributed by atoms with Gasteiger partial charge in [0.1, 0.15) is 5.82 Å². The second-order valence-electron chi connectivity index (χ2n) is 6.04. The van der Waals surface area contributed by atoms with Crippen molar-refractivity contribution in [3.8, 4) is 0 Å². The van der Waals surface area contributed by atoms with Gasteiger partial charge < -0.3 is 16.0 Å². The van der Waals surface area contributed by atoms with Crippen LogP contribution in [0.25, 0.3) is 0 Å². The van der Waals surface area contributed by atoms with Gasteiger partial charge in [0, 0.05) is 22.4 Å². The van der Waals surface area contributed by atoms with E-state index in [1.807, 2.05) is 11.8 Å². The van der Waals surface area contributed by atoms with Crippen LogP contribution in [0, 0.1) is 5.82 Å². The minimum atomic E-state index is -0.534. The van der Waals surface area contributed by atoms with Crippen molar-refractivity contribution in [1.29, 1.82) is 0 Å². The number of rotatable bonds is 6. The Morgan fingerprint density at radius 3 is 3.00 bits per heavy atom. The normalized spacial score (nSPS) is 25.1. The van der Waals surface area contributed by atoms with Crippen LogP contribution in [-0.2, 0) is 4.79 Å². The molecule has 0 unspecified atom stereocenters. The average molecular weight is 372 g/mol. The van der Waals surface area contributed by atoms with Crippen LogP contribution >= 0.6 is 23.4 Å². The fraction of sp³-hybridized carbons (Fsp3) is 0.500. The van der Waals surface area contributed by atoms with Crippen LogP contribution in [0.5, 0.6) is 0 Å². The van der Waals surface area contributed by atoms with Crippen LogP contribution in [0.1, 0.15) is 25.7 Å². The molecule has 3 N–H and O–H groups in total. The Balaban J connectivity index is 1.37. The van der Waals surface area contributed by atoms with Gasteiger partial charge >= 0.3 is 6.03 Å². The summed E-state index contributed by atoms with van der Waals surface area (Å²) in [7, 11) is 0. The zero-order valence-electron chi connectivity index (χ0n) is 13.0. The number of nitrogens with one attached hydrogen (secondary N) is 3. The Bertz CT molecular complexity index is 646. The quantitative estimate of drug-likeness (QED) is 0.531. The fourth-order valence-electron chi connectivity index (χ4n) is 3.08. The molecule has 5 nitrogen and oxygen atoms in total. The third kappa shape index (κ3) is 4.13. The van der Waals surface area contributed by atoms with E-state index < -0.39 is 5.82 Å². The fourth-order valence-corrected chi connectivity index (χ4v) is 4.78. The minimum absolute atomic E-state index is 0.0836. The predicted molar refractivity (Wildman–Crippen MR) is 94.0 cm³/mol. The van der Waals surface area contributed by atoms with E-state index in [2.05, 4.69) is 16.0 Å².